The van der Waals surface area contributed by atoms with Crippen molar-refractivity contribution in [3.63, 3.8) is 0 Å². The van der Waals surface area contributed by atoms with Gasteiger partial charge in [-0.2, -0.15) is 0 Å². The summed E-state index contributed by atoms with van der Waals surface area (Å²) in [6, 6.07) is 0. The van der Waals surface area contributed by atoms with E-state index in [-0.39, 0.29) is 0 Å². The topological polar surface area (TPSA) is 35.2 Å². The van der Waals surface area contributed by atoms with Gasteiger partial charge in [-0.05, 0) is 19.8 Å². The molecule has 2 N–H and O–H groups in total. The van der Waals surface area contributed by atoms with Gasteiger partial charge in [0.1, 0.15) is 0 Å². The Bertz CT molecular complexity index is 74.9. The van der Waals surface area contributed by atoms with Crippen LogP contribution in [0.3, 0.4) is 0 Å². The summed E-state index contributed by atoms with van der Waals surface area (Å²) in [6.07, 6.45) is 3.13. The Morgan fingerprint density at radius 3 is 2.62 bits per heavy atom. The standard InChI is InChI=1S/C6H13NO/c1-5-2-3-6(4-7)8-5/h5-6H,2-4,7H2,1H3/t5?,6-/m1/s1. The molecule has 2 atom stereocenters. The molecular formula is C6H13NO. The van der Waals surface area contributed by atoms with Gasteiger partial charge >= 0.3 is 0 Å². The number of hydrogen-bond acceptors (Lipinski definition) is 2. The predicted octanol–water partition coefficient (Wildman–Crippen LogP) is 0.513. The molecule has 1 unspecified atom stereocenters. The van der Waals surface area contributed by atoms with Gasteiger partial charge in [-0.15, -0.1) is 0 Å². The molecule has 0 aromatic rings. The Kier molecular flexibility index (Phi) is 1.86. The zero-order valence-corrected chi connectivity index (χ0v) is 5.26. The molecule has 0 amide bonds. The largest absolute Gasteiger partial charge is 0.374 e. The zero-order valence-electron chi connectivity index (χ0n) is 5.26. The third-order valence-corrected chi connectivity index (χ3v) is 1.58. The Morgan fingerprint density at radius 2 is 2.38 bits per heavy atom. The second kappa shape index (κ2) is 2.46. The SMILES string of the molecule is CC1CC[C@H](CN)O1. The normalized spacial score (nSPS) is 38.2. The highest BCUT2D eigenvalue weighted by atomic mass is 16.5. The first-order valence-electron chi connectivity index (χ1n) is 3.18. The summed E-state index contributed by atoms with van der Waals surface area (Å²) in [5, 5.41) is 0. The summed E-state index contributed by atoms with van der Waals surface area (Å²) in [5.74, 6) is 0. The molecule has 0 bridgehead atoms. The molecule has 2 heteroatoms. The van der Waals surface area contributed by atoms with Gasteiger partial charge in [-0.3, -0.25) is 0 Å². The van der Waals surface area contributed by atoms with Crippen LogP contribution in [0, 0.1) is 0 Å². The molecule has 0 aromatic carbocycles. The Balaban J connectivity index is 2.22. The molecule has 48 valence electrons. The van der Waals surface area contributed by atoms with Crippen molar-refractivity contribution in [1.82, 2.24) is 0 Å². The maximum absolute atomic E-state index is 5.39. The van der Waals surface area contributed by atoms with E-state index >= 15 is 0 Å². The van der Waals surface area contributed by atoms with Crippen LogP contribution < -0.4 is 5.73 Å². The van der Waals surface area contributed by atoms with Crippen molar-refractivity contribution in [1.29, 1.82) is 0 Å². The highest BCUT2D eigenvalue weighted by Crippen LogP contribution is 2.17. The van der Waals surface area contributed by atoms with Crippen LogP contribution in [0.5, 0.6) is 0 Å². The first-order chi connectivity index (χ1) is 3.83. The van der Waals surface area contributed by atoms with E-state index in [1.54, 1.807) is 0 Å². The Morgan fingerprint density at radius 1 is 1.62 bits per heavy atom. The quantitative estimate of drug-likeness (QED) is 0.540. The minimum absolute atomic E-state index is 0.352. The summed E-state index contributed by atoms with van der Waals surface area (Å²) < 4.78 is 5.39. The van der Waals surface area contributed by atoms with Crippen LogP contribution in [0.4, 0.5) is 0 Å². The second-order valence-corrected chi connectivity index (χ2v) is 2.38. The Labute approximate surface area is 50.0 Å². The third-order valence-electron chi connectivity index (χ3n) is 1.58. The molecule has 1 aliphatic rings. The van der Waals surface area contributed by atoms with Gasteiger partial charge in [-0.1, -0.05) is 0 Å². The number of rotatable bonds is 1. The average molecular weight is 115 g/mol. The minimum Gasteiger partial charge on any atom is -0.374 e. The lowest BCUT2D eigenvalue weighted by Gasteiger charge is -2.05. The van der Waals surface area contributed by atoms with E-state index in [0.717, 1.165) is 6.42 Å². The molecule has 1 saturated heterocycles. The third kappa shape index (κ3) is 1.20. The highest BCUT2D eigenvalue weighted by Gasteiger charge is 2.19. The van der Waals surface area contributed by atoms with Gasteiger partial charge in [0.2, 0.25) is 0 Å². The molecule has 0 radical (unpaired) electrons. The van der Waals surface area contributed by atoms with Crippen LogP contribution in [0.1, 0.15) is 19.8 Å². The fourth-order valence-electron chi connectivity index (χ4n) is 1.06. The van der Waals surface area contributed by atoms with Gasteiger partial charge in [0.25, 0.3) is 0 Å². The van der Waals surface area contributed by atoms with Gasteiger partial charge in [0.15, 0.2) is 0 Å². The van der Waals surface area contributed by atoms with E-state index in [9.17, 15) is 0 Å². The number of nitrogens with two attached hydrogens (primary N) is 1. The van der Waals surface area contributed by atoms with Crippen LogP contribution in [0.25, 0.3) is 0 Å². The molecule has 0 aliphatic carbocycles. The predicted molar refractivity (Wildman–Crippen MR) is 32.6 cm³/mol. The van der Waals surface area contributed by atoms with Crippen molar-refractivity contribution < 1.29 is 4.74 Å². The lowest BCUT2D eigenvalue weighted by Crippen LogP contribution is -2.19. The Hall–Kier alpha value is -0.0800. The fraction of sp³-hybridized carbons (Fsp3) is 1.00. The molecule has 1 aliphatic heterocycles. The van der Waals surface area contributed by atoms with Crippen molar-refractivity contribution >= 4 is 0 Å². The molecule has 1 rings (SSSR count). The van der Waals surface area contributed by atoms with E-state index < -0.39 is 0 Å². The van der Waals surface area contributed by atoms with Crippen molar-refractivity contribution in [3.8, 4) is 0 Å². The molecule has 1 fully saturated rings. The minimum atomic E-state index is 0.352. The molecule has 0 saturated carbocycles. The van der Waals surface area contributed by atoms with Crippen LogP contribution in [-0.4, -0.2) is 18.8 Å². The lowest BCUT2D eigenvalue weighted by molar-refractivity contribution is 0.0612. The van der Waals surface area contributed by atoms with Crippen molar-refractivity contribution in [2.45, 2.75) is 32.0 Å². The van der Waals surface area contributed by atoms with Crippen molar-refractivity contribution in [3.05, 3.63) is 0 Å². The first kappa shape index (κ1) is 6.05. The van der Waals surface area contributed by atoms with Crippen LogP contribution in [0.15, 0.2) is 0 Å². The highest BCUT2D eigenvalue weighted by molar-refractivity contribution is 4.70. The summed E-state index contributed by atoms with van der Waals surface area (Å²) in [4.78, 5) is 0. The molecule has 0 aromatic heterocycles. The smallest absolute Gasteiger partial charge is 0.0701 e. The molecular weight excluding hydrogens is 102 g/mol. The van der Waals surface area contributed by atoms with Crippen LogP contribution >= 0.6 is 0 Å². The van der Waals surface area contributed by atoms with Gasteiger partial charge in [0, 0.05) is 6.54 Å². The summed E-state index contributed by atoms with van der Waals surface area (Å²) in [7, 11) is 0. The molecule has 1 heterocycles. The van der Waals surface area contributed by atoms with E-state index in [4.69, 9.17) is 10.5 Å². The maximum atomic E-state index is 5.39. The number of ether oxygens (including phenoxy) is 1. The molecule has 0 spiro atoms. The van der Waals surface area contributed by atoms with Crippen LogP contribution in [0.2, 0.25) is 0 Å². The van der Waals surface area contributed by atoms with Crippen molar-refractivity contribution in [2.75, 3.05) is 6.54 Å². The van der Waals surface area contributed by atoms with E-state index in [1.807, 2.05) is 0 Å². The zero-order chi connectivity index (χ0) is 5.98. The first-order valence-corrected chi connectivity index (χ1v) is 3.18. The van der Waals surface area contributed by atoms with Gasteiger partial charge in [0.05, 0.1) is 12.2 Å². The summed E-state index contributed by atoms with van der Waals surface area (Å²) in [5.41, 5.74) is 5.37. The van der Waals surface area contributed by atoms with Gasteiger partial charge < -0.3 is 10.5 Å². The second-order valence-electron chi connectivity index (χ2n) is 2.38. The molecule has 8 heavy (non-hydrogen) atoms. The van der Waals surface area contributed by atoms with Gasteiger partial charge in [-0.25, -0.2) is 0 Å². The maximum Gasteiger partial charge on any atom is 0.0701 e. The summed E-state index contributed by atoms with van der Waals surface area (Å²) >= 11 is 0. The fourth-order valence-corrected chi connectivity index (χ4v) is 1.06. The molecule has 2 nitrogen and oxygen atoms in total. The van der Waals surface area contributed by atoms with E-state index in [2.05, 4.69) is 6.92 Å². The van der Waals surface area contributed by atoms with E-state index in [1.165, 1.54) is 6.42 Å². The van der Waals surface area contributed by atoms with Crippen LogP contribution in [-0.2, 0) is 4.74 Å². The number of hydrogen-bond donors (Lipinski definition) is 1. The average Bonchev–Trinajstić information content (AvgIpc) is 2.14. The summed E-state index contributed by atoms with van der Waals surface area (Å²) in [6.45, 7) is 2.78. The van der Waals surface area contributed by atoms with E-state index in [0.29, 0.717) is 18.8 Å². The lowest BCUT2D eigenvalue weighted by atomic mass is 10.2. The van der Waals surface area contributed by atoms with Crippen molar-refractivity contribution in [2.24, 2.45) is 5.73 Å². The monoisotopic (exact) mass is 115 g/mol.